The molecule has 0 aliphatic carbocycles. The summed E-state index contributed by atoms with van der Waals surface area (Å²) in [6.45, 7) is 2.10. The zero-order valence-electron chi connectivity index (χ0n) is 12.7. The number of rotatable bonds is 3. The maximum absolute atomic E-state index is 5.42. The Bertz CT molecular complexity index is 1020. The molecule has 0 fully saturated rings. The van der Waals surface area contributed by atoms with Crippen molar-refractivity contribution in [3.8, 4) is 5.69 Å². The van der Waals surface area contributed by atoms with Crippen LogP contribution in [0.25, 0.3) is 16.6 Å². The number of aromatic nitrogens is 4. The second kappa shape index (κ2) is 5.52. The Morgan fingerprint density at radius 3 is 2.61 bits per heavy atom. The normalized spacial score (nSPS) is 11.2. The van der Waals surface area contributed by atoms with E-state index in [9.17, 15) is 0 Å². The average Bonchev–Trinajstić information content (AvgIpc) is 3.09. The van der Waals surface area contributed by atoms with Crippen LogP contribution in [0.2, 0.25) is 0 Å². The van der Waals surface area contributed by atoms with Crippen LogP contribution in [-0.4, -0.2) is 19.7 Å². The lowest BCUT2D eigenvalue weighted by Crippen LogP contribution is -2.03. The van der Waals surface area contributed by atoms with E-state index >= 15 is 0 Å². The van der Waals surface area contributed by atoms with Crippen LogP contribution in [0.1, 0.15) is 17.1 Å². The molecule has 0 bridgehead atoms. The fourth-order valence-corrected chi connectivity index (χ4v) is 3.27. The molecule has 2 aromatic heterocycles. The molecule has 4 rings (SSSR count). The number of aromatic amines is 2. The molecule has 0 amide bonds. The van der Waals surface area contributed by atoms with Crippen LogP contribution in [0.4, 0.5) is 0 Å². The van der Waals surface area contributed by atoms with E-state index in [0.29, 0.717) is 4.77 Å². The SMILES string of the molecule is Cc1[nH]c2ccccc2c1Cc1n[nH]c(=S)n1-c1ccccc1. The van der Waals surface area contributed by atoms with Crippen molar-refractivity contribution in [3.05, 3.63) is 76.5 Å². The summed E-state index contributed by atoms with van der Waals surface area (Å²) in [4.78, 5) is 3.44. The lowest BCUT2D eigenvalue weighted by Gasteiger charge is -2.07. The third-order valence-electron chi connectivity index (χ3n) is 4.12. The first kappa shape index (κ1) is 14.0. The van der Waals surface area contributed by atoms with Gasteiger partial charge in [-0.1, -0.05) is 36.4 Å². The Labute approximate surface area is 138 Å². The predicted octanol–water partition coefficient (Wildman–Crippen LogP) is 4.31. The molecule has 4 nitrogen and oxygen atoms in total. The fraction of sp³-hybridized carbons (Fsp3) is 0.111. The number of H-pyrrole nitrogens is 2. The van der Waals surface area contributed by atoms with Crippen LogP contribution in [0.3, 0.4) is 0 Å². The maximum Gasteiger partial charge on any atom is 0.199 e. The number of fused-ring (bicyclic) bond motifs is 1. The van der Waals surface area contributed by atoms with Gasteiger partial charge >= 0.3 is 0 Å². The number of nitrogens with one attached hydrogen (secondary N) is 2. The lowest BCUT2D eigenvalue weighted by molar-refractivity contribution is 0.900. The summed E-state index contributed by atoms with van der Waals surface area (Å²) in [7, 11) is 0. The van der Waals surface area contributed by atoms with Gasteiger partial charge in [-0.3, -0.25) is 9.67 Å². The van der Waals surface area contributed by atoms with Gasteiger partial charge in [0.2, 0.25) is 0 Å². The van der Waals surface area contributed by atoms with Crippen molar-refractivity contribution in [3.63, 3.8) is 0 Å². The van der Waals surface area contributed by atoms with Gasteiger partial charge in [0.25, 0.3) is 0 Å². The van der Waals surface area contributed by atoms with Crippen molar-refractivity contribution in [2.24, 2.45) is 0 Å². The van der Waals surface area contributed by atoms with Crippen LogP contribution >= 0.6 is 12.2 Å². The minimum absolute atomic E-state index is 0.615. The number of benzene rings is 2. The highest BCUT2D eigenvalue weighted by molar-refractivity contribution is 7.71. The zero-order chi connectivity index (χ0) is 15.8. The van der Waals surface area contributed by atoms with Gasteiger partial charge in [0.05, 0.1) is 0 Å². The molecule has 114 valence electrons. The average molecular weight is 320 g/mol. The zero-order valence-corrected chi connectivity index (χ0v) is 13.5. The molecule has 2 heterocycles. The Kier molecular flexibility index (Phi) is 3.35. The van der Waals surface area contributed by atoms with Crippen molar-refractivity contribution in [1.82, 2.24) is 19.7 Å². The van der Waals surface area contributed by atoms with E-state index in [4.69, 9.17) is 12.2 Å². The van der Waals surface area contributed by atoms with E-state index in [0.717, 1.165) is 23.4 Å². The topological polar surface area (TPSA) is 49.4 Å². The molecule has 2 N–H and O–H groups in total. The minimum atomic E-state index is 0.615. The van der Waals surface area contributed by atoms with Crippen LogP contribution < -0.4 is 0 Å². The van der Waals surface area contributed by atoms with Crippen LogP contribution in [0.15, 0.2) is 54.6 Å². The standard InChI is InChI=1S/C18H16N4S/c1-12-15(14-9-5-6-10-16(14)19-12)11-17-20-21-18(23)22(17)13-7-3-2-4-8-13/h2-10,19H,11H2,1H3,(H,21,23). The quantitative estimate of drug-likeness (QED) is 0.553. The molecule has 23 heavy (non-hydrogen) atoms. The number of hydrogen-bond donors (Lipinski definition) is 2. The molecule has 0 radical (unpaired) electrons. The molecule has 0 aliphatic rings. The Morgan fingerprint density at radius 2 is 1.78 bits per heavy atom. The van der Waals surface area contributed by atoms with Crippen LogP contribution in [0, 0.1) is 11.7 Å². The maximum atomic E-state index is 5.42. The van der Waals surface area contributed by atoms with Crippen molar-refractivity contribution < 1.29 is 0 Å². The summed E-state index contributed by atoms with van der Waals surface area (Å²) in [5, 5.41) is 8.60. The van der Waals surface area contributed by atoms with Gasteiger partial charge in [-0.15, -0.1) is 0 Å². The van der Waals surface area contributed by atoms with E-state index in [1.165, 1.54) is 16.6 Å². The summed E-state index contributed by atoms with van der Waals surface area (Å²) in [5.74, 6) is 0.911. The lowest BCUT2D eigenvalue weighted by atomic mass is 10.1. The fourth-order valence-electron chi connectivity index (χ4n) is 3.01. The summed E-state index contributed by atoms with van der Waals surface area (Å²) in [6.07, 6.45) is 0.720. The van der Waals surface area contributed by atoms with E-state index in [2.05, 4.69) is 40.3 Å². The van der Waals surface area contributed by atoms with Crippen LogP contribution in [0.5, 0.6) is 0 Å². The molecule has 0 saturated heterocycles. The third-order valence-corrected chi connectivity index (χ3v) is 4.39. The van der Waals surface area contributed by atoms with Crippen molar-refractivity contribution >= 4 is 23.1 Å². The van der Waals surface area contributed by atoms with Gasteiger partial charge in [0.15, 0.2) is 4.77 Å². The van der Waals surface area contributed by atoms with E-state index < -0.39 is 0 Å². The third kappa shape index (κ3) is 2.39. The van der Waals surface area contributed by atoms with Crippen LogP contribution in [-0.2, 0) is 6.42 Å². The first-order valence-corrected chi connectivity index (χ1v) is 7.93. The molecule has 2 aromatic carbocycles. The molecule has 4 aromatic rings. The van der Waals surface area contributed by atoms with Gasteiger partial charge in [-0.2, -0.15) is 5.10 Å². The molecule has 0 atom stereocenters. The summed E-state index contributed by atoms with van der Waals surface area (Å²) >= 11 is 5.42. The summed E-state index contributed by atoms with van der Waals surface area (Å²) < 4.78 is 2.61. The van der Waals surface area contributed by atoms with Gasteiger partial charge in [-0.25, -0.2) is 0 Å². The molecular weight excluding hydrogens is 304 g/mol. The first-order valence-electron chi connectivity index (χ1n) is 7.52. The summed E-state index contributed by atoms with van der Waals surface area (Å²) in [6, 6.07) is 18.4. The molecule has 5 heteroatoms. The Hall–Kier alpha value is -2.66. The van der Waals surface area contributed by atoms with Crippen molar-refractivity contribution in [2.75, 3.05) is 0 Å². The highest BCUT2D eigenvalue weighted by Gasteiger charge is 2.14. The second-order valence-corrected chi connectivity index (χ2v) is 5.95. The van der Waals surface area contributed by atoms with E-state index in [1.807, 2.05) is 41.0 Å². The number of nitrogens with zero attached hydrogens (tertiary/aromatic N) is 2. The minimum Gasteiger partial charge on any atom is -0.358 e. The van der Waals surface area contributed by atoms with Gasteiger partial charge in [0.1, 0.15) is 5.82 Å². The second-order valence-electron chi connectivity index (χ2n) is 5.57. The van der Waals surface area contributed by atoms with Crippen molar-refractivity contribution in [1.29, 1.82) is 0 Å². The van der Waals surface area contributed by atoms with E-state index in [-0.39, 0.29) is 0 Å². The van der Waals surface area contributed by atoms with Gasteiger partial charge in [-0.05, 0) is 42.9 Å². The van der Waals surface area contributed by atoms with Gasteiger partial charge < -0.3 is 4.98 Å². The molecule has 0 unspecified atom stereocenters. The molecule has 0 aliphatic heterocycles. The first-order chi connectivity index (χ1) is 11.2. The highest BCUT2D eigenvalue weighted by Crippen LogP contribution is 2.24. The summed E-state index contributed by atoms with van der Waals surface area (Å²) in [5.41, 5.74) is 4.60. The van der Waals surface area contributed by atoms with E-state index in [1.54, 1.807) is 0 Å². The molecule has 0 saturated carbocycles. The number of para-hydroxylation sites is 2. The molecular formula is C18H16N4S. The smallest absolute Gasteiger partial charge is 0.199 e. The monoisotopic (exact) mass is 320 g/mol. The predicted molar refractivity (Wildman–Crippen MR) is 94.6 cm³/mol. The number of hydrogen-bond acceptors (Lipinski definition) is 2. The van der Waals surface area contributed by atoms with Gasteiger partial charge in [0, 0.05) is 28.7 Å². The Morgan fingerprint density at radius 1 is 1.04 bits per heavy atom. The largest absolute Gasteiger partial charge is 0.358 e. The number of aryl methyl sites for hydroxylation is 1. The van der Waals surface area contributed by atoms with Crippen molar-refractivity contribution in [2.45, 2.75) is 13.3 Å². The molecule has 0 spiro atoms. The highest BCUT2D eigenvalue weighted by atomic mass is 32.1. The Balaban J connectivity index is 1.84.